The Morgan fingerprint density at radius 2 is 1.74 bits per heavy atom. The molecule has 106 valence electrons. The van der Waals surface area contributed by atoms with Crippen LogP contribution in [0.3, 0.4) is 0 Å². The first-order valence-electron chi connectivity index (χ1n) is 7.51. The van der Waals surface area contributed by atoms with Gasteiger partial charge in [0.05, 0.1) is 5.41 Å². The average Bonchev–Trinajstić information content (AvgIpc) is 2.54. The molecule has 19 heavy (non-hydrogen) atoms. The number of thiocarbonyl (C=S) groups is 1. The number of carbonyl (C=O) groups is 1. The zero-order chi connectivity index (χ0) is 13.6. The Kier molecular flexibility index (Phi) is 3.32. The third kappa shape index (κ3) is 2.39. The van der Waals surface area contributed by atoms with Crippen molar-refractivity contribution in [2.45, 2.75) is 44.9 Å². The van der Waals surface area contributed by atoms with E-state index in [-0.39, 0.29) is 11.3 Å². The van der Waals surface area contributed by atoms with Crippen molar-refractivity contribution in [1.82, 2.24) is 10.2 Å². The van der Waals surface area contributed by atoms with Gasteiger partial charge in [-0.2, -0.15) is 0 Å². The van der Waals surface area contributed by atoms with Crippen molar-refractivity contribution >= 4 is 23.2 Å². The van der Waals surface area contributed by atoms with Crippen LogP contribution in [0.5, 0.6) is 0 Å². The van der Waals surface area contributed by atoms with Gasteiger partial charge < -0.3 is 10.2 Å². The predicted molar refractivity (Wildman–Crippen MR) is 79.6 cm³/mol. The number of carbonyl (C=O) groups excluding carboxylic acids is 1. The van der Waals surface area contributed by atoms with Crippen molar-refractivity contribution in [2.75, 3.05) is 14.1 Å². The molecule has 0 aromatic rings. The minimum absolute atomic E-state index is 0.112. The van der Waals surface area contributed by atoms with Crippen molar-refractivity contribution in [3.05, 3.63) is 0 Å². The molecule has 0 spiro atoms. The van der Waals surface area contributed by atoms with Crippen LogP contribution in [0.25, 0.3) is 0 Å². The quantitative estimate of drug-likeness (QED) is 0.749. The maximum Gasteiger partial charge on any atom is 0.232 e. The lowest BCUT2D eigenvalue weighted by Gasteiger charge is -2.44. The second-order valence-electron chi connectivity index (χ2n) is 7.19. The fourth-order valence-corrected chi connectivity index (χ4v) is 4.88. The maximum absolute atomic E-state index is 12.7. The molecule has 4 bridgehead atoms. The van der Waals surface area contributed by atoms with Crippen LogP contribution in [0.4, 0.5) is 0 Å². The molecule has 4 fully saturated rings. The van der Waals surface area contributed by atoms with Gasteiger partial charge in [-0.3, -0.25) is 4.79 Å². The van der Waals surface area contributed by atoms with Crippen LogP contribution in [0.1, 0.15) is 44.9 Å². The van der Waals surface area contributed by atoms with Gasteiger partial charge in [0.2, 0.25) is 5.91 Å². The molecular weight excluding hydrogens is 256 g/mol. The summed E-state index contributed by atoms with van der Waals surface area (Å²) in [5.41, 5.74) is -0.112. The van der Waals surface area contributed by atoms with Gasteiger partial charge >= 0.3 is 0 Å². The Morgan fingerprint density at radius 1 is 1.16 bits per heavy atom. The molecule has 1 N–H and O–H groups in total. The van der Waals surface area contributed by atoms with Crippen molar-refractivity contribution in [3.63, 3.8) is 0 Å². The normalized spacial score (nSPS) is 39.8. The molecule has 0 aromatic heterocycles. The fourth-order valence-electron chi connectivity index (χ4n) is 4.79. The summed E-state index contributed by atoms with van der Waals surface area (Å²) >= 11 is 5.24. The molecule has 2 atom stereocenters. The van der Waals surface area contributed by atoms with Crippen molar-refractivity contribution in [3.8, 4) is 0 Å². The predicted octanol–water partition coefficient (Wildman–Crippen LogP) is 2.56. The van der Waals surface area contributed by atoms with Gasteiger partial charge in [0.25, 0.3) is 0 Å². The van der Waals surface area contributed by atoms with Crippen LogP contribution in [0.15, 0.2) is 0 Å². The highest BCUT2D eigenvalue weighted by molar-refractivity contribution is 7.80. The summed E-state index contributed by atoms with van der Waals surface area (Å²) in [5.74, 6) is 2.67. The number of nitrogens with one attached hydrogen (secondary N) is 1. The van der Waals surface area contributed by atoms with Gasteiger partial charge in [0, 0.05) is 14.1 Å². The topological polar surface area (TPSA) is 32.3 Å². The summed E-state index contributed by atoms with van der Waals surface area (Å²) in [6, 6.07) is 0. The van der Waals surface area contributed by atoms with E-state index in [0.29, 0.717) is 5.11 Å². The highest BCUT2D eigenvalue weighted by Crippen LogP contribution is 2.57. The molecule has 0 aromatic carbocycles. The van der Waals surface area contributed by atoms with E-state index in [9.17, 15) is 4.79 Å². The molecular formula is C15H24N2OS. The Labute approximate surface area is 121 Å². The number of nitrogens with zero attached hydrogens (tertiary/aromatic N) is 1. The first-order valence-corrected chi connectivity index (χ1v) is 7.92. The van der Waals surface area contributed by atoms with Gasteiger partial charge in [-0.25, -0.2) is 0 Å². The number of rotatable bonds is 1. The fraction of sp³-hybridized carbons (Fsp3) is 0.867. The third-order valence-electron chi connectivity index (χ3n) is 5.50. The summed E-state index contributed by atoms with van der Waals surface area (Å²) in [6.07, 6.45) is 8.61. The van der Waals surface area contributed by atoms with E-state index in [1.54, 1.807) is 4.90 Å². The van der Waals surface area contributed by atoms with Gasteiger partial charge in [0.15, 0.2) is 5.11 Å². The summed E-state index contributed by atoms with van der Waals surface area (Å²) in [4.78, 5) is 14.5. The van der Waals surface area contributed by atoms with Crippen LogP contribution in [0.2, 0.25) is 0 Å². The summed E-state index contributed by atoms with van der Waals surface area (Å²) in [6.45, 7) is 0. The van der Waals surface area contributed by atoms with Gasteiger partial charge in [0.1, 0.15) is 0 Å². The molecule has 4 heteroatoms. The summed E-state index contributed by atoms with van der Waals surface area (Å²) < 4.78 is 0. The first-order chi connectivity index (χ1) is 8.98. The van der Waals surface area contributed by atoms with Crippen LogP contribution >= 0.6 is 12.2 Å². The standard InChI is InChI=1S/C15H24N2OS/c1-17(2)14(19)16-13(18)15-4-3-10-5-11(8-15)7-12(6-10)9-15/h10-12H,3-9H2,1-2H3,(H,16,18,19). The first kappa shape index (κ1) is 13.3. The molecule has 0 saturated heterocycles. The van der Waals surface area contributed by atoms with E-state index >= 15 is 0 Å². The molecule has 3 nitrogen and oxygen atoms in total. The molecule has 0 radical (unpaired) electrons. The molecule has 0 aliphatic heterocycles. The Bertz CT molecular complexity index is 393. The molecule has 0 heterocycles. The molecule has 4 saturated carbocycles. The Hall–Kier alpha value is -0.640. The van der Waals surface area contributed by atoms with Crippen LogP contribution in [-0.4, -0.2) is 30.0 Å². The minimum atomic E-state index is -0.112. The highest BCUT2D eigenvalue weighted by atomic mass is 32.1. The van der Waals surface area contributed by atoms with E-state index in [4.69, 9.17) is 12.2 Å². The van der Waals surface area contributed by atoms with E-state index in [2.05, 4.69) is 5.32 Å². The molecule has 4 aliphatic rings. The molecule has 4 aliphatic carbocycles. The monoisotopic (exact) mass is 280 g/mol. The van der Waals surface area contributed by atoms with E-state index in [1.165, 1.54) is 25.7 Å². The Balaban J connectivity index is 1.78. The lowest BCUT2D eigenvalue weighted by Crippen LogP contribution is -2.49. The van der Waals surface area contributed by atoms with Gasteiger partial charge in [-0.1, -0.05) is 0 Å². The van der Waals surface area contributed by atoms with Crippen LogP contribution in [-0.2, 0) is 4.79 Å². The minimum Gasteiger partial charge on any atom is -0.355 e. The van der Waals surface area contributed by atoms with Crippen molar-refractivity contribution < 1.29 is 4.79 Å². The van der Waals surface area contributed by atoms with Crippen LogP contribution in [0, 0.1) is 23.2 Å². The largest absolute Gasteiger partial charge is 0.355 e. The van der Waals surface area contributed by atoms with Crippen molar-refractivity contribution in [1.29, 1.82) is 0 Å². The van der Waals surface area contributed by atoms with E-state index < -0.39 is 0 Å². The van der Waals surface area contributed by atoms with Crippen molar-refractivity contribution in [2.24, 2.45) is 23.2 Å². The Morgan fingerprint density at radius 3 is 2.32 bits per heavy atom. The molecule has 4 rings (SSSR count). The third-order valence-corrected chi connectivity index (χ3v) is 5.97. The van der Waals surface area contributed by atoms with Gasteiger partial charge in [-0.05, 0) is 74.9 Å². The second-order valence-corrected chi connectivity index (χ2v) is 7.57. The zero-order valence-electron chi connectivity index (χ0n) is 11.9. The number of amides is 1. The number of hydrogen-bond donors (Lipinski definition) is 1. The highest BCUT2D eigenvalue weighted by Gasteiger charge is 2.51. The summed E-state index contributed by atoms with van der Waals surface area (Å²) in [7, 11) is 3.77. The number of hydrogen-bond acceptors (Lipinski definition) is 2. The van der Waals surface area contributed by atoms with Gasteiger partial charge in [-0.15, -0.1) is 0 Å². The summed E-state index contributed by atoms with van der Waals surface area (Å²) in [5, 5.41) is 3.53. The lowest BCUT2D eigenvalue weighted by atomic mass is 9.61. The zero-order valence-corrected chi connectivity index (χ0v) is 12.8. The second kappa shape index (κ2) is 4.72. The number of fused-ring (bicyclic) bond motifs is 1. The smallest absolute Gasteiger partial charge is 0.232 e. The van der Waals surface area contributed by atoms with E-state index in [1.807, 2.05) is 14.1 Å². The average molecular weight is 280 g/mol. The SMILES string of the molecule is CN(C)C(=S)NC(=O)C12CCC3CC(CC(C3)C1)C2. The van der Waals surface area contributed by atoms with Crippen LogP contribution < -0.4 is 5.32 Å². The molecule has 1 amide bonds. The molecule has 2 unspecified atom stereocenters. The van der Waals surface area contributed by atoms with E-state index in [0.717, 1.165) is 37.0 Å². The maximum atomic E-state index is 12.7. The lowest BCUT2D eigenvalue weighted by molar-refractivity contribution is -0.134.